The van der Waals surface area contributed by atoms with E-state index >= 15 is 0 Å². The van der Waals surface area contributed by atoms with Gasteiger partial charge in [-0.05, 0) is 228 Å². The summed E-state index contributed by atoms with van der Waals surface area (Å²) in [5.41, 5.74) is 18.9. The molecule has 0 bridgehead atoms. The van der Waals surface area contributed by atoms with Crippen LogP contribution in [0.4, 0.5) is 103 Å². The Labute approximate surface area is 857 Å². The minimum Gasteiger partial charge on any atom is -0.707 e. The number of nitrogen functional groups attached to an aromatic ring is 1. The van der Waals surface area contributed by atoms with Gasteiger partial charge >= 0.3 is 29.1 Å². The van der Waals surface area contributed by atoms with Crippen LogP contribution in [0.5, 0.6) is 0 Å². The summed E-state index contributed by atoms with van der Waals surface area (Å²) in [5, 5.41) is 104. The Kier molecular flexibility index (Phi) is 60.3. The van der Waals surface area contributed by atoms with Crippen molar-refractivity contribution in [1.82, 2.24) is 0 Å². The third-order valence-corrected chi connectivity index (χ3v) is 18.8. The van der Waals surface area contributed by atoms with Crippen molar-refractivity contribution in [2.45, 2.75) is 20.8 Å². The molecular weight excluding hydrogens is 2040 g/mol. The first-order valence-electron chi connectivity index (χ1n) is 42.1. The van der Waals surface area contributed by atoms with E-state index in [1.54, 1.807) is 12.1 Å². The molecule has 2 N–H and O–H groups in total. The zero-order valence-corrected chi connectivity index (χ0v) is 90.1. The molecule has 48 nitrogen and oxygen atoms in total. The van der Waals surface area contributed by atoms with Crippen LogP contribution < -0.4 is 89.2 Å². The summed E-state index contributed by atoms with van der Waals surface area (Å²) in [5.74, 6) is 4.08. The molecule has 0 saturated heterocycles. The molecule has 6 aromatic carbocycles. The van der Waals surface area contributed by atoms with Crippen LogP contribution in [0.25, 0.3) is 0 Å². The molecule has 0 aliphatic rings. The summed E-state index contributed by atoms with van der Waals surface area (Å²) in [7, 11) is 5.41. The number of halogens is 1. The Morgan fingerprint density at radius 1 is 0.288 bits per heavy atom. The van der Waals surface area contributed by atoms with Crippen LogP contribution in [0.1, 0.15) is 19.4 Å². The number of azo groups is 6. The number of aromatic nitrogens is 6. The SMILES string of the molecule is CCN(CC)c1ccc(N=Nc2cccc[n+]2C)cc1.CN(C)c1ccc(N=Nc2ccc[n+](C)c2)cc1.CN(C)c1ccc(N=Nc2cccc[n+]2C)c(Cl)c1.CN(C)c1ccc(N=Nc2cccc[n+]2C)cc1.CS(=O)(=O)O[O-].CS(=O)(=O)O[O-].CS(=O)(=O)O[O-].CS(=O)(=O)O[O-].CS(=O)(=O)O[O-].CS(=O)(=O)O[O-].C[n+]1ccccc1N=Nc1ccc(N)cc1.Cc1ccc(N=Nc2ccc(N(C)C)cc2)[n+](C)c1. The minimum absolute atomic E-state index is 0.591. The van der Waals surface area contributed by atoms with Gasteiger partial charge in [-0.25, -0.2) is 77.9 Å². The fourth-order valence-electron chi connectivity index (χ4n) is 9.77. The average molecular weight is 2160 g/mol. The predicted molar refractivity (Wildman–Crippen MR) is 540 cm³/mol. The highest BCUT2D eigenvalue weighted by molar-refractivity contribution is 7.87. The largest absolute Gasteiger partial charge is 0.707 e. The van der Waals surface area contributed by atoms with E-state index in [1.807, 2.05) is 387 Å². The number of pyridine rings is 6. The third kappa shape index (κ3) is 61.3. The Bertz CT molecular complexity index is 6620. The smallest absolute Gasteiger partial charge is 0.350 e. The van der Waals surface area contributed by atoms with E-state index in [9.17, 15) is 50.5 Å². The van der Waals surface area contributed by atoms with Crippen LogP contribution in [0, 0.1) is 6.92 Å². The fraction of sp³-hybridized carbons (Fsp3) is 0.275. The fourth-order valence-corrected chi connectivity index (χ4v) is 9.98. The zero-order chi connectivity index (χ0) is 111. The van der Waals surface area contributed by atoms with Gasteiger partial charge < -0.3 is 87.8 Å². The lowest BCUT2D eigenvalue weighted by atomic mass is 10.2. The molecule has 792 valence electrons. The number of aryl methyl sites for hydroxylation is 7. The van der Waals surface area contributed by atoms with Crippen molar-refractivity contribution in [1.29, 1.82) is 0 Å². The summed E-state index contributed by atoms with van der Waals surface area (Å²) >= 11 is 6.19. The van der Waals surface area contributed by atoms with Gasteiger partial charge in [0.25, 0.3) is 60.7 Å². The molecule has 0 atom stereocenters. The maximum atomic E-state index is 9.47. The van der Waals surface area contributed by atoms with Gasteiger partial charge in [0.2, 0.25) is 0 Å². The molecule has 6 heterocycles. The molecule has 6 aromatic heterocycles. The van der Waals surface area contributed by atoms with Gasteiger partial charge in [0, 0.05) is 140 Å². The summed E-state index contributed by atoms with van der Waals surface area (Å²) < 4.78 is 141. The number of nitrogens with two attached hydrogens (primary N) is 1. The highest BCUT2D eigenvalue weighted by Crippen LogP contribution is 2.31. The Hall–Kier alpha value is -13.9. The average Bonchev–Trinajstić information content (AvgIpc) is 0.852. The van der Waals surface area contributed by atoms with Gasteiger partial charge in [0.05, 0.1) is 140 Å². The zero-order valence-electron chi connectivity index (χ0n) is 84.5. The lowest BCUT2D eigenvalue weighted by Crippen LogP contribution is -2.27. The van der Waals surface area contributed by atoms with E-state index in [4.69, 9.17) is 48.9 Å². The molecule has 0 aliphatic carbocycles. The summed E-state index contributed by atoms with van der Waals surface area (Å²) in [6, 6.07) is 76.2. The van der Waals surface area contributed by atoms with Crippen molar-refractivity contribution in [3.05, 3.63) is 291 Å². The van der Waals surface area contributed by atoms with E-state index in [0.717, 1.165) is 105 Å². The van der Waals surface area contributed by atoms with Crippen LogP contribution in [0.2, 0.25) is 5.02 Å². The van der Waals surface area contributed by atoms with E-state index in [1.165, 1.54) is 11.3 Å². The number of hydrogen-bond donors (Lipinski definition) is 1. The topological polar surface area (TPSA) is 612 Å². The monoisotopic (exact) mass is 2160 g/mol. The summed E-state index contributed by atoms with van der Waals surface area (Å²) in [6.45, 7) is 8.40. The number of anilines is 6. The molecule has 0 radical (unpaired) electrons. The van der Waals surface area contributed by atoms with Gasteiger partial charge in [-0.15, -0.1) is 5.11 Å². The van der Waals surface area contributed by atoms with Gasteiger partial charge in [-0.3, -0.25) is 0 Å². The first kappa shape index (κ1) is 130. The van der Waals surface area contributed by atoms with E-state index in [0.29, 0.717) is 48.2 Å². The van der Waals surface area contributed by atoms with Crippen LogP contribution in [0.3, 0.4) is 0 Å². The third-order valence-electron chi connectivity index (χ3n) is 17.1. The van der Waals surface area contributed by atoms with Crippen molar-refractivity contribution in [3.8, 4) is 0 Å². The van der Waals surface area contributed by atoms with Crippen molar-refractivity contribution < 1.29 is 135 Å². The van der Waals surface area contributed by atoms with Gasteiger partial charge in [0.15, 0.2) is 12.4 Å². The van der Waals surface area contributed by atoms with Gasteiger partial charge in [0.1, 0.15) is 41.2 Å². The summed E-state index contributed by atoms with van der Waals surface area (Å²) in [6.07, 6.45) is 17.8. The molecule has 0 saturated carbocycles. The maximum absolute atomic E-state index is 9.47. The van der Waals surface area contributed by atoms with Gasteiger partial charge in [-0.1, -0.05) is 35.9 Å². The lowest BCUT2D eigenvalue weighted by molar-refractivity contribution is -0.670. The molecule has 12 aromatic rings. The van der Waals surface area contributed by atoms with Crippen molar-refractivity contribution in [2.24, 2.45) is 104 Å². The minimum atomic E-state index is -3.72. The first-order chi connectivity index (χ1) is 68.3. The van der Waals surface area contributed by atoms with E-state index in [2.05, 4.69) is 140 Å². The molecule has 146 heavy (non-hydrogen) atoms. The number of benzene rings is 6. The molecule has 0 aliphatic heterocycles. The van der Waals surface area contributed by atoms with Crippen molar-refractivity contribution in [2.75, 3.05) is 137 Å². The molecule has 12 rings (SSSR count). The number of hydrogen-bond acceptors (Lipinski definition) is 42. The predicted octanol–water partition coefficient (Wildman–Crippen LogP) is 8.64. The Morgan fingerprint density at radius 2 is 0.534 bits per heavy atom. The molecular formula is C91H121ClN24O24S6. The second-order valence-electron chi connectivity index (χ2n) is 30.5. The maximum Gasteiger partial charge on any atom is 0.350 e. The van der Waals surface area contributed by atoms with Crippen molar-refractivity contribution in [3.63, 3.8) is 0 Å². The second kappa shape index (κ2) is 67.7. The molecule has 55 heteroatoms. The Morgan fingerprint density at radius 3 is 0.781 bits per heavy atom. The molecule has 0 unspecified atom stereocenters. The molecule has 0 amide bonds. The lowest BCUT2D eigenvalue weighted by Gasteiger charge is -2.20. The Balaban J connectivity index is 0.000000820. The highest BCUT2D eigenvalue weighted by Gasteiger charge is 2.13. The van der Waals surface area contributed by atoms with Crippen LogP contribution in [0.15, 0.2) is 341 Å². The number of rotatable bonds is 25. The molecule has 0 spiro atoms. The normalized spacial score (nSPS) is 11.1. The standard InChI is InChI=1S/C16H21N4.C15H19N4.C14H16ClN4.2C14H17N4.C12H12N4.6CH4O4S/c1-4-20(5-2)15-11-9-14(10-12-15)17-18-16-8-6-7-13-19(16)3;1-12-5-10-15(19(4)11-12)17-16-13-6-8-14(9-7-13)18(2)3;1-18(2)11-7-8-13(12(15)10-11)16-17-14-6-4-5-9-19(14)3;1-17(2)14-8-6-12(7-9-14)15-16-13-5-4-10-18(3)11-13;1-17(2)13-9-7-12(8-10-13)15-16-14-6-4-5-11-18(14)3;1-16-9-3-2-4-12(16)15-14-11-7-5-10(13)6-8-11;6*1-6(3,4)5-2/h6-13H,4-5H2,1-3H3;5-11H,1-4H3;4-10H,1-3H3;2*4-11H,1-3H3;2-9,13H,1H3;6*2H,1H3/q5*+1;;;;;;;/p-5. The quantitative estimate of drug-likeness (QED) is 0.0184. The number of nitrogens with zero attached hydrogens (tertiary/aromatic N) is 23. The van der Waals surface area contributed by atoms with Gasteiger partial charge in [-0.2, -0.15) is 5.11 Å². The van der Waals surface area contributed by atoms with E-state index in [-0.39, 0.29) is 0 Å². The highest BCUT2D eigenvalue weighted by atomic mass is 35.5. The first-order valence-corrected chi connectivity index (χ1v) is 53.4. The van der Waals surface area contributed by atoms with E-state index < -0.39 is 60.7 Å². The second-order valence-corrected chi connectivity index (χ2v) is 40.1. The van der Waals surface area contributed by atoms with Crippen LogP contribution in [-0.4, -0.2) is 158 Å². The van der Waals surface area contributed by atoms with Crippen molar-refractivity contribution >= 4 is 175 Å². The van der Waals surface area contributed by atoms with Crippen LogP contribution >= 0.6 is 11.6 Å². The summed E-state index contributed by atoms with van der Waals surface area (Å²) in [4.78, 5) is 10.5. The van der Waals surface area contributed by atoms with Crippen LogP contribution in [-0.2, 0) is 129 Å². The molecule has 0 fully saturated rings.